The lowest BCUT2D eigenvalue weighted by atomic mass is 10.2. The van der Waals surface area contributed by atoms with Gasteiger partial charge >= 0.3 is 0 Å². The predicted octanol–water partition coefficient (Wildman–Crippen LogP) is 2.79. The van der Waals surface area contributed by atoms with E-state index < -0.39 is 15.9 Å². The van der Waals surface area contributed by atoms with E-state index >= 15 is 0 Å². The van der Waals surface area contributed by atoms with Gasteiger partial charge in [-0.05, 0) is 36.9 Å². The summed E-state index contributed by atoms with van der Waals surface area (Å²) in [5, 5.41) is 2.82. The molecule has 0 atom stereocenters. The van der Waals surface area contributed by atoms with Gasteiger partial charge in [-0.15, -0.1) is 0 Å². The number of rotatable bonds is 5. The van der Waals surface area contributed by atoms with Gasteiger partial charge in [-0.25, -0.2) is 13.4 Å². The Balaban J connectivity index is 1.57. The Morgan fingerprint density at radius 3 is 2.60 bits per heavy atom. The molecule has 4 rings (SSSR count). The van der Waals surface area contributed by atoms with E-state index in [-0.39, 0.29) is 21.4 Å². The van der Waals surface area contributed by atoms with Gasteiger partial charge in [0.25, 0.3) is 5.91 Å². The zero-order chi connectivity index (χ0) is 21.3. The Morgan fingerprint density at radius 1 is 1.17 bits per heavy atom. The van der Waals surface area contributed by atoms with E-state index in [0.717, 1.165) is 12.1 Å². The number of aromatic nitrogens is 2. The molecule has 158 valence electrons. The maximum Gasteiger partial charge on any atom is 0.259 e. The van der Waals surface area contributed by atoms with Crippen molar-refractivity contribution in [2.24, 2.45) is 0 Å². The third-order valence-electron chi connectivity index (χ3n) is 5.22. The van der Waals surface area contributed by atoms with Gasteiger partial charge in [-0.1, -0.05) is 30.7 Å². The van der Waals surface area contributed by atoms with Crippen LogP contribution in [0.5, 0.6) is 0 Å². The van der Waals surface area contributed by atoms with E-state index in [1.165, 1.54) is 22.5 Å². The van der Waals surface area contributed by atoms with Crippen molar-refractivity contribution in [1.82, 2.24) is 19.2 Å². The summed E-state index contributed by atoms with van der Waals surface area (Å²) in [6, 6.07) is 11.6. The lowest BCUT2D eigenvalue weighted by molar-refractivity contribution is 0.102. The first-order chi connectivity index (χ1) is 14.4. The molecule has 30 heavy (non-hydrogen) atoms. The van der Waals surface area contributed by atoms with Crippen LogP contribution in [0, 0.1) is 0 Å². The number of hydrogen-bond donors (Lipinski definition) is 2. The third kappa shape index (κ3) is 4.06. The van der Waals surface area contributed by atoms with Gasteiger partial charge < -0.3 is 9.88 Å². The quantitative estimate of drug-likeness (QED) is 0.626. The highest BCUT2D eigenvalue weighted by atomic mass is 35.5. The van der Waals surface area contributed by atoms with Crippen molar-refractivity contribution < 1.29 is 13.2 Å². The number of amides is 1. The highest BCUT2D eigenvalue weighted by molar-refractivity contribution is 7.89. The molecule has 8 nitrogen and oxygen atoms in total. The number of halogens is 1. The standard InChI is InChI=1S/C20H22ClN5O3S/c1-2-25-9-11-26(12-10-25)30(28,29)14-7-8-16(21)15(13-14)19(27)24-20-22-17-5-3-4-6-18(17)23-20/h3-8,13H,2,9-12H2,1H3,(H2,22,23,24,27). The number of aromatic amines is 1. The molecular formula is C20H22ClN5O3S. The zero-order valence-electron chi connectivity index (χ0n) is 16.4. The Bertz CT molecular complexity index is 1150. The molecule has 1 aliphatic heterocycles. The first-order valence-electron chi connectivity index (χ1n) is 9.66. The second-order valence-corrected chi connectivity index (χ2v) is 9.38. The SMILES string of the molecule is CCN1CCN(S(=O)(=O)c2ccc(Cl)c(C(=O)Nc3nc4ccccc4[nH]3)c2)CC1. The first kappa shape index (κ1) is 20.8. The number of fused-ring (bicyclic) bond motifs is 1. The number of likely N-dealkylation sites (N-methyl/N-ethyl adjacent to an activating group) is 1. The number of carbonyl (C=O) groups is 1. The van der Waals surface area contributed by atoms with Gasteiger partial charge in [0, 0.05) is 26.2 Å². The molecule has 1 fully saturated rings. The number of imidazole rings is 1. The molecule has 10 heteroatoms. The molecule has 2 heterocycles. The van der Waals surface area contributed by atoms with E-state index in [1.54, 1.807) is 0 Å². The van der Waals surface area contributed by atoms with Crippen LogP contribution in [0.25, 0.3) is 11.0 Å². The van der Waals surface area contributed by atoms with Gasteiger partial charge in [0.15, 0.2) is 0 Å². The molecular weight excluding hydrogens is 426 g/mol. The highest BCUT2D eigenvalue weighted by Gasteiger charge is 2.29. The number of piperazine rings is 1. The average molecular weight is 448 g/mol. The minimum Gasteiger partial charge on any atom is -0.324 e. The van der Waals surface area contributed by atoms with Crippen LogP contribution in [0.1, 0.15) is 17.3 Å². The summed E-state index contributed by atoms with van der Waals surface area (Å²) in [4.78, 5) is 22.3. The predicted molar refractivity (Wildman–Crippen MR) is 116 cm³/mol. The van der Waals surface area contributed by atoms with Crippen LogP contribution in [0.2, 0.25) is 5.02 Å². The number of hydrogen-bond acceptors (Lipinski definition) is 5. The van der Waals surface area contributed by atoms with E-state index in [2.05, 4.69) is 27.1 Å². The molecule has 1 saturated heterocycles. The smallest absolute Gasteiger partial charge is 0.259 e. The molecule has 0 aliphatic carbocycles. The topological polar surface area (TPSA) is 98.4 Å². The molecule has 1 aromatic heterocycles. The number of nitrogens with zero attached hydrogens (tertiary/aromatic N) is 3. The highest BCUT2D eigenvalue weighted by Crippen LogP contribution is 2.25. The van der Waals surface area contributed by atoms with Crippen molar-refractivity contribution >= 4 is 44.5 Å². The molecule has 3 aromatic rings. The van der Waals surface area contributed by atoms with Crippen molar-refractivity contribution in [2.45, 2.75) is 11.8 Å². The van der Waals surface area contributed by atoms with Crippen LogP contribution >= 0.6 is 11.6 Å². The van der Waals surface area contributed by atoms with E-state index in [4.69, 9.17) is 11.6 Å². The van der Waals surface area contributed by atoms with Crippen LogP contribution in [0.15, 0.2) is 47.4 Å². The molecule has 2 aromatic carbocycles. The fourth-order valence-corrected chi connectivity index (χ4v) is 5.11. The second-order valence-electron chi connectivity index (χ2n) is 7.04. The Kier molecular flexibility index (Phi) is 5.79. The average Bonchev–Trinajstić information content (AvgIpc) is 3.16. The summed E-state index contributed by atoms with van der Waals surface area (Å²) in [5.41, 5.74) is 1.56. The third-order valence-corrected chi connectivity index (χ3v) is 7.44. The fourth-order valence-electron chi connectivity index (χ4n) is 3.46. The van der Waals surface area contributed by atoms with E-state index in [9.17, 15) is 13.2 Å². The summed E-state index contributed by atoms with van der Waals surface area (Å²) >= 11 is 6.20. The summed E-state index contributed by atoms with van der Waals surface area (Å²) in [6.45, 7) is 5.14. The number of anilines is 1. The van der Waals surface area contributed by atoms with Gasteiger partial charge in [-0.3, -0.25) is 10.1 Å². The number of H-pyrrole nitrogens is 1. The molecule has 0 unspecified atom stereocenters. The zero-order valence-corrected chi connectivity index (χ0v) is 18.0. The van der Waals surface area contributed by atoms with Crippen LogP contribution in [0.4, 0.5) is 5.95 Å². The van der Waals surface area contributed by atoms with Crippen molar-refractivity contribution in [1.29, 1.82) is 0 Å². The first-order valence-corrected chi connectivity index (χ1v) is 11.5. The fraction of sp³-hybridized carbons (Fsp3) is 0.300. The Hall–Kier alpha value is -2.46. The van der Waals surface area contributed by atoms with Crippen LogP contribution in [-0.2, 0) is 10.0 Å². The van der Waals surface area contributed by atoms with Gasteiger partial charge in [0.05, 0.1) is 26.5 Å². The summed E-state index contributed by atoms with van der Waals surface area (Å²) in [5.74, 6) is -0.270. The number of benzene rings is 2. The van der Waals surface area contributed by atoms with Crippen LogP contribution in [-0.4, -0.2) is 66.2 Å². The summed E-state index contributed by atoms with van der Waals surface area (Å²) in [6.07, 6.45) is 0. The number of nitrogens with one attached hydrogen (secondary N) is 2. The monoisotopic (exact) mass is 447 g/mol. The van der Waals surface area contributed by atoms with Crippen LogP contribution in [0.3, 0.4) is 0 Å². The van der Waals surface area contributed by atoms with Crippen molar-refractivity contribution in [3.63, 3.8) is 0 Å². The lowest BCUT2D eigenvalue weighted by Gasteiger charge is -2.33. The number of carbonyl (C=O) groups excluding carboxylic acids is 1. The van der Waals surface area contributed by atoms with Crippen molar-refractivity contribution in [2.75, 3.05) is 38.0 Å². The molecule has 0 bridgehead atoms. The maximum atomic E-state index is 13.1. The second kappa shape index (κ2) is 8.35. The minimum atomic E-state index is -3.72. The Morgan fingerprint density at radius 2 is 1.90 bits per heavy atom. The minimum absolute atomic E-state index is 0.0478. The largest absolute Gasteiger partial charge is 0.324 e. The molecule has 0 saturated carbocycles. The van der Waals surface area contributed by atoms with E-state index in [0.29, 0.717) is 31.7 Å². The number of para-hydroxylation sites is 2. The maximum absolute atomic E-state index is 13.1. The lowest BCUT2D eigenvalue weighted by Crippen LogP contribution is -2.48. The van der Waals surface area contributed by atoms with Crippen molar-refractivity contribution in [3.05, 3.63) is 53.1 Å². The van der Waals surface area contributed by atoms with Gasteiger partial charge in [0.2, 0.25) is 16.0 Å². The molecule has 2 N–H and O–H groups in total. The van der Waals surface area contributed by atoms with Gasteiger partial charge in [0.1, 0.15) is 0 Å². The number of sulfonamides is 1. The molecule has 1 aliphatic rings. The van der Waals surface area contributed by atoms with Crippen LogP contribution < -0.4 is 5.32 Å². The van der Waals surface area contributed by atoms with Crippen molar-refractivity contribution in [3.8, 4) is 0 Å². The summed E-state index contributed by atoms with van der Waals surface area (Å²) in [7, 11) is -3.72. The van der Waals surface area contributed by atoms with Gasteiger partial charge in [-0.2, -0.15) is 4.31 Å². The van der Waals surface area contributed by atoms with E-state index in [1.807, 2.05) is 24.3 Å². The Labute approximate surface area is 179 Å². The molecule has 0 radical (unpaired) electrons. The normalized spacial score (nSPS) is 16.1. The summed E-state index contributed by atoms with van der Waals surface area (Å²) < 4.78 is 27.6. The molecule has 1 amide bonds. The molecule has 0 spiro atoms.